The highest BCUT2D eigenvalue weighted by atomic mass is 31.2. The standard InChI is InChI=1S/C9H19N4O2P/c1-8(2,3)14-16(15-9(4,5)6)13-7-10-11-12-13/h7H,1-6H3. The zero-order valence-corrected chi connectivity index (χ0v) is 11.5. The van der Waals surface area contributed by atoms with E-state index in [9.17, 15) is 0 Å². The second-order valence-corrected chi connectivity index (χ2v) is 6.63. The number of rotatable bonds is 3. The van der Waals surface area contributed by atoms with Crippen LogP contribution in [-0.4, -0.2) is 31.2 Å². The molecule has 1 aromatic heterocycles. The molecule has 0 aromatic carbocycles. The van der Waals surface area contributed by atoms with Crippen LogP contribution in [0.5, 0.6) is 0 Å². The Morgan fingerprint density at radius 1 is 1.00 bits per heavy atom. The van der Waals surface area contributed by atoms with Gasteiger partial charge in [-0.2, -0.15) is 4.45 Å². The molecule has 6 nitrogen and oxygen atoms in total. The van der Waals surface area contributed by atoms with Crippen molar-refractivity contribution in [1.82, 2.24) is 20.0 Å². The number of nitrogens with zero attached hydrogens (tertiary/aromatic N) is 4. The van der Waals surface area contributed by atoms with Crippen LogP contribution in [0.4, 0.5) is 0 Å². The van der Waals surface area contributed by atoms with Crippen molar-refractivity contribution >= 4 is 8.53 Å². The average molecular weight is 246 g/mol. The zero-order chi connectivity index (χ0) is 12.4. The highest BCUT2D eigenvalue weighted by Crippen LogP contribution is 2.46. The van der Waals surface area contributed by atoms with E-state index in [1.165, 1.54) is 10.8 Å². The van der Waals surface area contributed by atoms with E-state index >= 15 is 0 Å². The van der Waals surface area contributed by atoms with E-state index in [4.69, 9.17) is 9.05 Å². The molecular weight excluding hydrogens is 227 g/mol. The third-order valence-corrected chi connectivity index (χ3v) is 3.14. The van der Waals surface area contributed by atoms with E-state index in [2.05, 4.69) is 15.5 Å². The van der Waals surface area contributed by atoms with Gasteiger partial charge < -0.3 is 9.05 Å². The van der Waals surface area contributed by atoms with Crippen molar-refractivity contribution in [3.05, 3.63) is 6.33 Å². The van der Waals surface area contributed by atoms with Crippen LogP contribution in [0.25, 0.3) is 0 Å². The van der Waals surface area contributed by atoms with Gasteiger partial charge >= 0.3 is 8.53 Å². The van der Waals surface area contributed by atoms with Crippen LogP contribution in [0.1, 0.15) is 41.5 Å². The maximum Gasteiger partial charge on any atom is 0.315 e. The van der Waals surface area contributed by atoms with Crippen LogP contribution >= 0.6 is 8.53 Å². The highest BCUT2D eigenvalue weighted by Gasteiger charge is 2.28. The fraction of sp³-hybridized carbons (Fsp3) is 0.889. The minimum atomic E-state index is -1.31. The third kappa shape index (κ3) is 4.96. The summed E-state index contributed by atoms with van der Waals surface area (Å²) in [4.78, 5) is 0. The number of aromatic nitrogens is 4. The first kappa shape index (κ1) is 13.5. The summed E-state index contributed by atoms with van der Waals surface area (Å²) in [6.07, 6.45) is 1.50. The summed E-state index contributed by atoms with van der Waals surface area (Å²) in [6, 6.07) is 0. The Balaban J connectivity index is 2.79. The molecule has 16 heavy (non-hydrogen) atoms. The van der Waals surface area contributed by atoms with Crippen LogP contribution in [0, 0.1) is 0 Å². The van der Waals surface area contributed by atoms with Gasteiger partial charge in [0.15, 0.2) is 0 Å². The van der Waals surface area contributed by atoms with Gasteiger partial charge in [0, 0.05) is 0 Å². The van der Waals surface area contributed by atoms with E-state index in [0.717, 1.165) is 0 Å². The summed E-state index contributed by atoms with van der Waals surface area (Å²) < 4.78 is 13.2. The first-order chi connectivity index (χ1) is 7.17. The van der Waals surface area contributed by atoms with Crippen LogP contribution in [0.15, 0.2) is 6.33 Å². The monoisotopic (exact) mass is 246 g/mol. The fourth-order valence-corrected chi connectivity index (χ4v) is 2.18. The Hall–Kier alpha value is -0.580. The summed E-state index contributed by atoms with van der Waals surface area (Å²) in [7, 11) is -1.31. The van der Waals surface area contributed by atoms with Gasteiger partial charge in [-0.15, -0.1) is 5.10 Å². The smallest absolute Gasteiger partial charge is 0.310 e. The predicted octanol–water partition coefficient (Wildman–Crippen LogP) is 2.38. The quantitative estimate of drug-likeness (QED) is 0.766. The van der Waals surface area contributed by atoms with Gasteiger partial charge in [0.1, 0.15) is 6.33 Å². The van der Waals surface area contributed by atoms with Gasteiger partial charge in [-0.25, -0.2) is 0 Å². The number of hydrogen-bond acceptors (Lipinski definition) is 5. The largest absolute Gasteiger partial charge is 0.315 e. The molecule has 0 amide bonds. The van der Waals surface area contributed by atoms with E-state index < -0.39 is 8.53 Å². The molecule has 1 aromatic rings. The lowest BCUT2D eigenvalue weighted by molar-refractivity contribution is 0.0680. The molecule has 0 aliphatic rings. The van der Waals surface area contributed by atoms with Gasteiger partial charge in [0.05, 0.1) is 11.2 Å². The maximum atomic E-state index is 5.82. The van der Waals surface area contributed by atoms with Crippen molar-refractivity contribution in [3.8, 4) is 0 Å². The molecule has 0 aliphatic heterocycles. The molecule has 0 aliphatic carbocycles. The summed E-state index contributed by atoms with van der Waals surface area (Å²) in [5.41, 5.74) is -0.605. The molecule has 92 valence electrons. The van der Waals surface area contributed by atoms with Gasteiger partial charge in [0.25, 0.3) is 0 Å². The molecule has 0 atom stereocenters. The molecule has 7 heteroatoms. The normalized spacial score (nSPS) is 13.4. The Morgan fingerprint density at radius 3 is 1.81 bits per heavy atom. The van der Waals surface area contributed by atoms with Crippen LogP contribution in [0.3, 0.4) is 0 Å². The van der Waals surface area contributed by atoms with E-state index in [0.29, 0.717) is 0 Å². The van der Waals surface area contributed by atoms with Gasteiger partial charge in [-0.3, -0.25) is 0 Å². The van der Waals surface area contributed by atoms with Gasteiger partial charge in [-0.1, -0.05) is 0 Å². The molecule has 0 bridgehead atoms. The predicted molar refractivity (Wildman–Crippen MR) is 61.8 cm³/mol. The van der Waals surface area contributed by atoms with Crippen LogP contribution in [-0.2, 0) is 9.05 Å². The summed E-state index contributed by atoms with van der Waals surface area (Å²) in [6.45, 7) is 11.8. The summed E-state index contributed by atoms with van der Waals surface area (Å²) >= 11 is 0. The highest BCUT2D eigenvalue weighted by molar-refractivity contribution is 7.45. The van der Waals surface area contributed by atoms with Crippen molar-refractivity contribution in [2.24, 2.45) is 0 Å². The number of hydrogen-bond donors (Lipinski definition) is 0. The van der Waals surface area contributed by atoms with E-state index in [1.807, 2.05) is 41.5 Å². The van der Waals surface area contributed by atoms with Crippen molar-refractivity contribution < 1.29 is 9.05 Å². The minimum Gasteiger partial charge on any atom is -0.310 e. The lowest BCUT2D eigenvalue weighted by atomic mass is 10.2. The Morgan fingerprint density at radius 2 is 1.50 bits per heavy atom. The van der Waals surface area contributed by atoms with Crippen molar-refractivity contribution in [1.29, 1.82) is 0 Å². The fourth-order valence-electron chi connectivity index (χ4n) is 0.802. The second-order valence-electron chi connectivity index (χ2n) is 5.38. The minimum absolute atomic E-state index is 0.303. The molecule has 0 radical (unpaired) electrons. The van der Waals surface area contributed by atoms with Crippen LogP contribution < -0.4 is 0 Å². The average Bonchev–Trinajstić information content (AvgIpc) is 2.47. The Labute approximate surface area is 97.3 Å². The summed E-state index contributed by atoms with van der Waals surface area (Å²) in [5.74, 6) is 0. The molecular formula is C9H19N4O2P. The maximum absolute atomic E-state index is 5.82. The SMILES string of the molecule is CC(C)(C)OP(OC(C)(C)C)n1cnnn1. The number of tetrazole rings is 1. The second kappa shape index (κ2) is 4.73. The molecule has 0 fully saturated rings. The van der Waals surface area contributed by atoms with E-state index in [-0.39, 0.29) is 11.2 Å². The first-order valence-corrected chi connectivity index (χ1v) is 6.22. The molecule has 1 heterocycles. The summed E-state index contributed by atoms with van der Waals surface area (Å²) in [5, 5.41) is 11.0. The topological polar surface area (TPSA) is 62.1 Å². The van der Waals surface area contributed by atoms with Crippen molar-refractivity contribution in [3.63, 3.8) is 0 Å². The molecule has 1 rings (SSSR count). The molecule has 0 spiro atoms. The van der Waals surface area contributed by atoms with Gasteiger partial charge in [-0.05, 0) is 52.0 Å². The van der Waals surface area contributed by atoms with Crippen LogP contribution in [0.2, 0.25) is 0 Å². The Bertz CT molecular complexity index is 299. The lowest BCUT2D eigenvalue weighted by Crippen LogP contribution is -2.24. The molecule has 0 N–H and O–H groups in total. The molecule has 0 saturated carbocycles. The Kier molecular flexibility index (Phi) is 3.99. The third-order valence-electron chi connectivity index (χ3n) is 1.21. The first-order valence-electron chi connectivity index (χ1n) is 5.09. The van der Waals surface area contributed by atoms with Crippen molar-refractivity contribution in [2.45, 2.75) is 52.7 Å². The van der Waals surface area contributed by atoms with Crippen molar-refractivity contribution in [2.75, 3.05) is 0 Å². The van der Waals surface area contributed by atoms with E-state index in [1.54, 1.807) is 0 Å². The molecule has 0 saturated heterocycles. The van der Waals surface area contributed by atoms with Gasteiger partial charge in [0.2, 0.25) is 0 Å². The lowest BCUT2D eigenvalue weighted by Gasteiger charge is -2.30. The molecule has 0 unspecified atom stereocenters. The zero-order valence-electron chi connectivity index (χ0n) is 10.6.